The molecule has 0 saturated carbocycles. The van der Waals surface area contributed by atoms with E-state index in [1.54, 1.807) is 18.2 Å². The highest BCUT2D eigenvalue weighted by Gasteiger charge is 2.17. The molecule has 1 atom stereocenters. The van der Waals surface area contributed by atoms with E-state index in [4.69, 9.17) is 23.2 Å². The van der Waals surface area contributed by atoms with E-state index >= 15 is 0 Å². The molecular formula is C16H19Cl2N3O. The molecular weight excluding hydrogens is 321 g/mol. The summed E-state index contributed by atoms with van der Waals surface area (Å²) in [5.41, 5.74) is 3.84. The van der Waals surface area contributed by atoms with Crippen LogP contribution in [0.4, 0.5) is 5.69 Å². The van der Waals surface area contributed by atoms with Gasteiger partial charge < -0.3 is 5.32 Å². The molecule has 118 valence electrons. The van der Waals surface area contributed by atoms with Gasteiger partial charge in [-0.2, -0.15) is 5.10 Å². The number of amides is 1. The number of aryl methyl sites for hydroxylation is 1. The summed E-state index contributed by atoms with van der Waals surface area (Å²) in [6.45, 7) is 8.41. The Kier molecular flexibility index (Phi) is 5.14. The van der Waals surface area contributed by atoms with Crippen molar-refractivity contribution in [3.05, 3.63) is 45.2 Å². The SMILES string of the molecule is Cc1nn(C[C@H](C)C(=O)Nc2cc(Cl)cc(Cl)c2)c(C)c1C. The van der Waals surface area contributed by atoms with Crippen LogP contribution in [-0.2, 0) is 11.3 Å². The minimum atomic E-state index is -0.227. The summed E-state index contributed by atoms with van der Waals surface area (Å²) >= 11 is 11.9. The monoisotopic (exact) mass is 339 g/mol. The Balaban J connectivity index is 2.07. The zero-order valence-corrected chi connectivity index (χ0v) is 14.6. The molecule has 2 aromatic rings. The summed E-state index contributed by atoms with van der Waals surface area (Å²) in [5.74, 6) is -0.321. The zero-order chi connectivity index (χ0) is 16.4. The fourth-order valence-corrected chi connectivity index (χ4v) is 2.72. The van der Waals surface area contributed by atoms with Crippen LogP contribution in [0.3, 0.4) is 0 Å². The van der Waals surface area contributed by atoms with E-state index in [0.717, 1.165) is 17.0 Å². The Bertz CT molecular complexity index is 689. The van der Waals surface area contributed by atoms with Crippen molar-refractivity contribution in [2.75, 3.05) is 5.32 Å². The van der Waals surface area contributed by atoms with Gasteiger partial charge >= 0.3 is 0 Å². The molecule has 0 aliphatic carbocycles. The molecule has 1 aromatic heterocycles. The van der Waals surface area contributed by atoms with Gasteiger partial charge in [-0.1, -0.05) is 30.1 Å². The van der Waals surface area contributed by atoms with Gasteiger partial charge in [0.1, 0.15) is 0 Å². The minimum Gasteiger partial charge on any atom is -0.326 e. The number of aromatic nitrogens is 2. The molecule has 0 aliphatic heterocycles. The van der Waals surface area contributed by atoms with Crippen molar-refractivity contribution < 1.29 is 4.79 Å². The number of carbonyl (C=O) groups is 1. The van der Waals surface area contributed by atoms with Gasteiger partial charge in [0.05, 0.1) is 18.2 Å². The number of nitrogens with zero attached hydrogens (tertiary/aromatic N) is 2. The number of benzene rings is 1. The Morgan fingerprint density at radius 2 is 1.82 bits per heavy atom. The van der Waals surface area contributed by atoms with Gasteiger partial charge in [-0.05, 0) is 44.5 Å². The van der Waals surface area contributed by atoms with Crippen molar-refractivity contribution in [3.8, 4) is 0 Å². The standard InChI is InChI=1S/C16H19Cl2N3O/c1-9(8-21-12(4)10(2)11(3)20-21)16(22)19-15-6-13(17)5-14(18)7-15/h5-7,9H,8H2,1-4H3,(H,19,22)/t9-/m0/s1. The van der Waals surface area contributed by atoms with Gasteiger partial charge in [0.15, 0.2) is 0 Å². The maximum atomic E-state index is 12.3. The summed E-state index contributed by atoms with van der Waals surface area (Å²) in [4.78, 5) is 12.3. The maximum Gasteiger partial charge on any atom is 0.229 e. The van der Waals surface area contributed by atoms with Crippen LogP contribution in [0.25, 0.3) is 0 Å². The zero-order valence-electron chi connectivity index (χ0n) is 13.1. The first-order valence-electron chi connectivity index (χ1n) is 7.05. The van der Waals surface area contributed by atoms with Gasteiger partial charge in [0, 0.05) is 21.4 Å². The number of halogens is 2. The van der Waals surface area contributed by atoms with Crippen LogP contribution in [0.15, 0.2) is 18.2 Å². The summed E-state index contributed by atoms with van der Waals surface area (Å²) in [6.07, 6.45) is 0. The molecule has 0 radical (unpaired) electrons. The molecule has 1 amide bonds. The van der Waals surface area contributed by atoms with Gasteiger partial charge in [-0.25, -0.2) is 0 Å². The highest BCUT2D eigenvalue weighted by atomic mass is 35.5. The molecule has 1 N–H and O–H groups in total. The lowest BCUT2D eigenvalue weighted by molar-refractivity contribution is -0.119. The van der Waals surface area contributed by atoms with E-state index in [2.05, 4.69) is 10.4 Å². The number of nitrogens with one attached hydrogen (secondary N) is 1. The molecule has 0 spiro atoms. The fourth-order valence-electron chi connectivity index (χ4n) is 2.20. The normalized spacial score (nSPS) is 12.3. The summed E-state index contributed by atoms with van der Waals surface area (Å²) in [5, 5.41) is 8.28. The first-order chi connectivity index (χ1) is 10.3. The summed E-state index contributed by atoms with van der Waals surface area (Å²) < 4.78 is 1.87. The molecule has 0 aliphatic rings. The van der Waals surface area contributed by atoms with Crippen LogP contribution >= 0.6 is 23.2 Å². The summed E-state index contributed by atoms with van der Waals surface area (Å²) in [6, 6.07) is 4.97. The largest absolute Gasteiger partial charge is 0.326 e. The van der Waals surface area contributed by atoms with Crippen molar-refractivity contribution in [2.24, 2.45) is 5.92 Å². The fraction of sp³-hybridized carbons (Fsp3) is 0.375. The van der Waals surface area contributed by atoms with Crippen molar-refractivity contribution in [3.63, 3.8) is 0 Å². The van der Waals surface area contributed by atoms with Crippen molar-refractivity contribution in [1.82, 2.24) is 9.78 Å². The molecule has 0 saturated heterocycles. The lowest BCUT2D eigenvalue weighted by atomic mass is 10.1. The third kappa shape index (κ3) is 3.81. The second-order valence-electron chi connectivity index (χ2n) is 5.53. The van der Waals surface area contributed by atoms with Crippen LogP contribution in [0.2, 0.25) is 10.0 Å². The number of carbonyl (C=O) groups excluding carboxylic acids is 1. The third-order valence-corrected chi connectivity index (χ3v) is 4.20. The van der Waals surface area contributed by atoms with Crippen molar-refractivity contribution >= 4 is 34.8 Å². The first-order valence-corrected chi connectivity index (χ1v) is 7.81. The number of hydrogen-bond acceptors (Lipinski definition) is 2. The maximum absolute atomic E-state index is 12.3. The lowest BCUT2D eigenvalue weighted by Gasteiger charge is -2.14. The van der Waals surface area contributed by atoms with E-state index < -0.39 is 0 Å². The van der Waals surface area contributed by atoms with Gasteiger partial charge in [0.2, 0.25) is 5.91 Å². The third-order valence-electron chi connectivity index (χ3n) is 3.77. The molecule has 2 rings (SSSR count). The van der Waals surface area contributed by atoms with Crippen molar-refractivity contribution in [1.29, 1.82) is 0 Å². The number of anilines is 1. The quantitative estimate of drug-likeness (QED) is 0.897. The Hall–Kier alpha value is -1.52. The Morgan fingerprint density at radius 3 is 2.32 bits per heavy atom. The van der Waals surface area contributed by atoms with Crippen LogP contribution in [-0.4, -0.2) is 15.7 Å². The average molecular weight is 340 g/mol. The van der Waals surface area contributed by atoms with Gasteiger partial charge in [-0.3, -0.25) is 9.48 Å². The molecule has 0 unspecified atom stereocenters. The smallest absolute Gasteiger partial charge is 0.229 e. The highest BCUT2D eigenvalue weighted by Crippen LogP contribution is 2.23. The lowest BCUT2D eigenvalue weighted by Crippen LogP contribution is -2.25. The van der Waals surface area contributed by atoms with E-state index in [-0.39, 0.29) is 11.8 Å². The minimum absolute atomic E-state index is 0.0939. The van der Waals surface area contributed by atoms with Crippen LogP contribution in [0.1, 0.15) is 23.9 Å². The van der Waals surface area contributed by atoms with Gasteiger partial charge in [-0.15, -0.1) is 0 Å². The molecule has 0 fully saturated rings. The van der Waals surface area contributed by atoms with Crippen LogP contribution in [0.5, 0.6) is 0 Å². The molecule has 6 heteroatoms. The molecule has 4 nitrogen and oxygen atoms in total. The summed E-state index contributed by atoms with van der Waals surface area (Å²) in [7, 11) is 0. The first kappa shape index (κ1) is 16.8. The molecule has 0 bridgehead atoms. The second kappa shape index (κ2) is 6.71. The van der Waals surface area contributed by atoms with Gasteiger partial charge in [0.25, 0.3) is 0 Å². The number of hydrogen-bond donors (Lipinski definition) is 1. The molecule has 1 aromatic carbocycles. The predicted octanol–water partition coefficient (Wildman–Crippen LogP) is 4.39. The van der Waals surface area contributed by atoms with E-state index in [1.807, 2.05) is 32.4 Å². The van der Waals surface area contributed by atoms with Crippen LogP contribution < -0.4 is 5.32 Å². The second-order valence-corrected chi connectivity index (χ2v) is 6.40. The Morgan fingerprint density at radius 1 is 1.23 bits per heavy atom. The average Bonchev–Trinajstić information content (AvgIpc) is 2.65. The van der Waals surface area contributed by atoms with Crippen molar-refractivity contribution in [2.45, 2.75) is 34.2 Å². The van der Waals surface area contributed by atoms with Crippen LogP contribution in [0, 0.1) is 26.7 Å². The Labute approximate surface area is 140 Å². The predicted molar refractivity (Wildman–Crippen MR) is 90.7 cm³/mol. The highest BCUT2D eigenvalue weighted by molar-refractivity contribution is 6.35. The molecule has 1 heterocycles. The van der Waals surface area contributed by atoms with E-state index in [0.29, 0.717) is 22.3 Å². The molecule has 22 heavy (non-hydrogen) atoms. The van der Waals surface area contributed by atoms with E-state index in [9.17, 15) is 4.79 Å². The number of rotatable bonds is 4. The topological polar surface area (TPSA) is 46.9 Å². The van der Waals surface area contributed by atoms with E-state index in [1.165, 1.54) is 0 Å².